The van der Waals surface area contributed by atoms with E-state index in [1.54, 1.807) is 31.2 Å². The third-order valence-corrected chi connectivity index (χ3v) is 6.17. The number of hydrogen-bond acceptors (Lipinski definition) is 7. The van der Waals surface area contributed by atoms with Crippen molar-refractivity contribution in [3.05, 3.63) is 65.5 Å². The van der Waals surface area contributed by atoms with Crippen molar-refractivity contribution in [1.82, 2.24) is 14.7 Å². The van der Waals surface area contributed by atoms with Crippen LogP contribution in [0, 0.1) is 6.92 Å². The number of likely N-dealkylation sites (N-methyl/N-ethyl adjacent to an activating group) is 1. The molecule has 3 N–H and O–H groups in total. The number of rotatable bonds is 6. The Kier molecular flexibility index (Phi) is 5.91. The average molecular weight is 469 g/mol. The Morgan fingerprint density at radius 3 is 2.48 bits per heavy atom. The van der Waals surface area contributed by atoms with Crippen LogP contribution in [0.15, 0.2) is 58.4 Å². The molecule has 11 heteroatoms. The fraction of sp³-hybridized carbons (Fsp3) is 0.227. The second-order valence-electron chi connectivity index (χ2n) is 7.62. The van der Waals surface area contributed by atoms with Crippen LogP contribution in [0.2, 0.25) is 0 Å². The van der Waals surface area contributed by atoms with Gasteiger partial charge in [0, 0.05) is 30.9 Å². The molecule has 1 amide bonds. The maximum Gasteiger partial charge on any atom is 0.274 e. The molecule has 1 aromatic heterocycles. The Morgan fingerprint density at radius 1 is 1.15 bits per heavy atom. The highest BCUT2D eigenvalue weighted by Gasteiger charge is 2.23. The number of primary sulfonamides is 1. The molecule has 0 saturated carbocycles. The number of carbonyl (C=O) groups excluding carboxylic acids is 1. The quantitative estimate of drug-likeness (QED) is 0.567. The predicted octanol–water partition coefficient (Wildman–Crippen LogP) is 1.78. The molecule has 0 atom stereocenters. The molecular weight excluding hydrogens is 444 g/mol. The van der Waals surface area contributed by atoms with Crippen LogP contribution in [0.5, 0.6) is 5.75 Å². The first-order valence-electron chi connectivity index (χ1n) is 10.1. The molecule has 0 bridgehead atoms. The van der Waals surface area contributed by atoms with E-state index in [0.717, 1.165) is 24.5 Å². The summed E-state index contributed by atoms with van der Waals surface area (Å²) in [5, 5.41) is 12.6. The predicted molar refractivity (Wildman–Crippen MR) is 125 cm³/mol. The summed E-state index contributed by atoms with van der Waals surface area (Å²) in [7, 11) is -0.707. The lowest BCUT2D eigenvalue weighted by molar-refractivity contribution is 0.101. The molecular formula is C22H24N6O4S. The van der Waals surface area contributed by atoms with E-state index in [2.05, 4.69) is 20.3 Å². The molecule has 10 nitrogen and oxygen atoms in total. The molecule has 0 radical (unpaired) electrons. The zero-order valence-corrected chi connectivity index (χ0v) is 19.3. The zero-order valence-electron chi connectivity index (χ0n) is 18.4. The number of aryl methyl sites for hydroxylation is 1. The van der Waals surface area contributed by atoms with E-state index in [1.807, 2.05) is 19.2 Å². The molecule has 0 spiro atoms. The van der Waals surface area contributed by atoms with E-state index in [0.29, 0.717) is 17.1 Å². The number of benzene rings is 2. The van der Waals surface area contributed by atoms with Crippen molar-refractivity contribution in [3.8, 4) is 11.4 Å². The lowest BCUT2D eigenvalue weighted by atomic mass is 10.1. The standard InChI is InChI=1S/C22H24N6O4S/c1-14-12-19(28(26-14)18-9-8-17(32-3)13-20(18)33(23,30)31)22(29)25-16-6-4-15(5-7-16)21-24-10-11-27(21)2/h4-9,12-13H,10-11H2,1-3H3,(H,25,29)(H2,23,30,31). The SMILES string of the molecule is COc1ccc(-n2nc(C)cc2C(=O)Nc2ccc(C3=NCCN3C)cc2)c(S(N)(=O)=O)c1. The topological polar surface area (TPSA) is 132 Å². The third kappa shape index (κ3) is 4.59. The molecule has 0 aliphatic carbocycles. The molecule has 2 heterocycles. The van der Waals surface area contributed by atoms with Crippen LogP contribution in [0.3, 0.4) is 0 Å². The fourth-order valence-electron chi connectivity index (χ4n) is 3.61. The van der Waals surface area contributed by atoms with Gasteiger partial charge in [-0.05, 0) is 49.4 Å². The number of aromatic nitrogens is 2. The number of nitrogens with two attached hydrogens (primary N) is 1. The van der Waals surface area contributed by atoms with Gasteiger partial charge < -0.3 is 15.0 Å². The summed E-state index contributed by atoms with van der Waals surface area (Å²) in [6.07, 6.45) is 0. The second-order valence-corrected chi connectivity index (χ2v) is 9.15. The first-order valence-corrected chi connectivity index (χ1v) is 11.7. The molecule has 0 fully saturated rings. The van der Waals surface area contributed by atoms with Gasteiger partial charge in [0.2, 0.25) is 10.0 Å². The van der Waals surface area contributed by atoms with E-state index in [1.165, 1.54) is 23.9 Å². The number of anilines is 1. The summed E-state index contributed by atoms with van der Waals surface area (Å²) in [6.45, 7) is 3.35. The van der Waals surface area contributed by atoms with Gasteiger partial charge in [-0.25, -0.2) is 18.2 Å². The van der Waals surface area contributed by atoms with Gasteiger partial charge in [-0.15, -0.1) is 0 Å². The van der Waals surface area contributed by atoms with E-state index < -0.39 is 15.9 Å². The number of amidine groups is 1. The smallest absolute Gasteiger partial charge is 0.274 e. The summed E-state index contributed by atoms with van der Waals surface area (Å²) in [4.78, 5) is 19.5. The van der Waals surface area contributed by atoms with Crippen molar-refractivity contribution in [3.63, 3.8) is 0 Å². The lowest BCUT2D eigenvalue weighted by Crippen LogP contribution is -2.23. The van der Waals surface area contributed by atoms with Gasteiger partial charge >= 0.3 is 0 Å². The summed E-state index contributed by atoms with van der Waals surface area (Å²) in [5.41, 5.74) is 2.39. The van der Waals surface area contributed by atoms with Crippen LogP contribution < -0.4 is 15.2 Å². The molecule has 3 aromatic rings. The number of nitrogens with zero attached hydrogens (tertiary/aromatic N) is 4. The van der Waals surface area contributed by atoms with Crippen molar-refractivity contribution >= 4 is 27.5 Å². The zero-order chi connectivity index (χ0) is 23.8. The van der Waals surface area contributed by atoms with Gasteiger partial charge in [-0.3, -0.25) is 9.79 Å². The van der Waals surface area contributed by atoms with Crippen LogP contribution in [0.4, 0.5) is 5.69 Å². The highest BCUT2D eigenvalue weighted by atomic mass is 32.2. The van der Waals surface area contributed by atoms with Crippen LogP contribution in [0.25, 0.3) is 5.69 Å². The van der Waals surface area contributed by atoms with Gasteiger partial charge in [-0.1, -0.05) is 0 Å². The van der Waals surface area contributed by atoms with Gasteiger partial charge in [-0.2, -0.15) is 5.10 Å². The van der Waals surface area contributed by atoms with Crippen molar-refractivity contribution in [2.45, 2.75) is 11.8 Å². The lowest BCUT2D eigenvalue weighted by Gasteiger charge is -2.14. The molecule has 0 unspecified atom stereocenters. The van der Waals surface area contributed by atoms with E-state index in [-0.39, 0.29) is 16.3 Å². The molecule has 4 rings (SSSR count). The number of aliphatic imine (C=N–C) groups is 1. The summed E-state index contributed by atoms with van der Waals surface area (Å²) in [5.74, 6) is 0.779. The van der Waals surface area contributed by atoms with Crippen molar-refractivity contribution < 1.29 is 17.9 Å². The minimum atomic E-state index is -4.11. The van der Waals surface area contributed by atoms with Crippen LogP contribution in [-0.4, -0.2) is 62.1 Å². The summed E-state index contributed by atoms with van der Waals surface area (Å²) in [6, 6.07) is 13.3. The van der Waals surface area contributed by atoms with Crippen LogP contribution in [-0.2, 0) is 10.0 Å². The minimum Gasteiger partial charge on any atom is -0.497 e. The number of sulfonamides is 1. The summed E-state index contributed by atoms with van der Waals surface area (Å²) < 4.78 is 30.8. The first-order chi connectivity index (χ1) is 15.7. The van der Waals surface area contributed by atoms with Crippen LogP contribution >= 0.6 is 0 Å². The molecule has 2 aromatic carbocycles. The second kappa shape index (κ2) is 8.68. The maximum absolute atomic E-state index is 13.1. The first kappa shape index (κ1) is 22.5. The number of ether oxygens (including phenoxy) is 1. The maximum atomic E-state index is 13.1. The molecule has 1 aliphatic rings. The van der Waals surface area contributed by atoms with Crippen molar-refractivity contribution in [2.75, 3.05) is 32.6 Å². The number of methoxy groups -OCH3 is 1. The molecule has 172 valence electrons. The highest BCUT2D eigenvalue weighted by molar-refractivity contribution is 7.89. The van der Waals surface area contributed by atoms with Gasteiger partial charge in [0.05, 0.1) is 25.0 Å². The highest BCUT2D eigenvalue weighted by Crippen LogP contribution is 2.26. The Labute approximate surface area is 191 Å². The monoisotopic (exact) mass is 468 g/mol. The normalized spacial score (nSPS) is 13.7. The Bertz CT molecular complexity index is 1350. The Morgan fingerprint density at radius 2 is 1.88 bits per heavy atom. The van der Waals surface area contributed by atoms with Gasteiger partial charge in [0.15, 0.2) is 0 Å². The molecule has 33 heavy (non-hydrogen) atoms. The molecule has 0 saturated heterocycles. The number of nitrogens with one attached hydrogen (secondary N) is 1. The summed E-state index contributed by atoms with van der Waals surface area (Å²) >= 11 is 0. The van der Waals surface area contributed by atoms with E-state index in [4.69, 9.17) is 9.88 Å². The van der Waals surface area contributed by atoms with E-state index in [9.17, 15) is 13.2 Å². The van der Waals surface area contributed by atoms with Crippen molar-refractivity contribution in [2.24, 2.45) is 10.1 Å². The van der Waals surface area contributed by atoms with E-state index >= 15 is 0 Å². The third-order valence-electron chi connectivity index (χ3n) is 5.23. The van der Waals surface area contributed by atoms with Crippen LogP contribution in [0.1, 0.15) is 21.7 Å². The Balaban J connectivity index is 1.65. The number of carbonyl (C=O) groups is 1. The minimum absolute atomic E-state index is 0.147. The average Bonchev–Trinajstić information content (AvgIpc) is 3.38. The Hall–Kier alpha value is -3.70. The number of amides is 1. The van der Waals surface area contributed by atoms with Gasteiger partial charge in [0.25, 0.3) is 5.91 Å². The largest absolute Gasteiger partial charge is 0.497 e. The van der Waals surface area contributed by atoms with Crippen molar-refractivity contribution in [1.29, 1.82) is 0 Å². The molecule has 1 aliphatic heterocycles. The fourth-order valence-corrected chi connectivity index (χ4v) is 4.34. The number of hydrogen-bond donors (Lipinski definition) is 2. The van der Waals surface area contributed by atoms with Gasteiger partial charge in [0.1, 0.15) is 22.2 Å².